The third kappa shape index (κ3) is 3.49. The number of hydrogen-bond donors (Lipinski definition) is 0. The minimum Gasteiger partial charge on any atom is -0.341 e. The van der Waals surface area contributed by atoms with E-state index < -0.39 is 10.0 Å². The summed E-state index contributed by atoms with van der Waals surface area (Å²) in [6.45, 7) is 1.71. The fourth-order valence-electron chi connectivity index (χ4n) is 3.93. The zero-order valence-electron chi connectivity index (χ0n) is 13.8. The average Bonchev–Trinajstić information content (AvgIpc) is 2.52. The van der Waals surface area contributed by atoms with Gasteiger partial charge in [0.15, 0.2) is 0 Å². The number of rotatable bonds is 4. The summed E-state index contributed by atoms with van der Waals surface area (Å²) in [5.41, 5.74) is 0. The van der Waals surface area contributed by atoms with Crippen molar-refractivity contribution in [2.45, 2.75) is 57.2 Å². The third-order valence-corrected chi connectivity index (χ3v) is 7.44. The molecule has 0 aromatic carbocycles. The van der Waals surface area contributed by atoms with Gasteiger partial charge in [-0.15, -0.1) is 0 Å². The molecule has 2 aliphatic rings. The van der Waals surface area contributed by atoms with E-state index in [1.165, 1.54) is 6.07 Å². The van der Waals surface area contributed by atoms with Crippen LogP contribution in [0.1, 0.15) is 39.0 Å². The number of sulfonamides is 1. The van der Waals surface area contributed by atoms with E-state index in [1.807, 2.05) is 11.9 Å². The van der Waals surface area contributed by atoms with Gasteiger partial charge in [0, 0.05) is 31.2 Å². The van der Waals surface area contributed by atoms with Crippen molar-refractivity contribution in [3.8, 4) is 0 Å². The van der Waals surface area contributed by atoms with Crippen LogP contribution in [-0.4, -0.2) is 53.6 Å². The van der Waals surface area contributed by atoms with Crippen LogP contribution in [-0.2, 0) is 10.0 Å². The SMILES string of the molecule is CCS(=O)(=O)N1[C@@H]2CCC[C@H]1C[C@@H](N(C)c1nc(Cl)cc(Cl)n1)C2. The molecule has 0 aliphatic carbocycles. The Morgan fingerprint density at radius 1 is 1.21 bits per heavy atom. The van der Waals surface area contributed by atoms with Crippen LogP contribution in [0.5, 0.6) is 0 Å². The quantitative estimate of drug-likeness (QED) is 0.736. The van der Waals surface area contributed by atoms with Crippen molar-refractivity contribution in [1.29, 1.82) is 0 Å². The van der Waals surface area contributed by atoms with E-state index in [0.717, 1.165) is 32.1 Å². The van der Waals surface area contributed by atoms with E-state index >= 15 is 0 Å². The molecule has 3 rings (SSSR count). The van der Waals surface area contributed by atoms with Crippen molar-refractivity contribution in [2.75, 3.05) is 17.7 Å². The van der Waals surface area contributed by atoms with Crippen LogP contribution in [0.2, 0.25) is 10.3 Å². The van der Waals surface area contributed by atoms with Gasteiger partial charge in [-0.05, 0) is 32.6 Å². The maximum Gasteiger partial charge on any atom is 0.228 e. The average molecular weight is 393 g/mol. The highest BCUT2D eigenvalue weighted by Gasteiger charge is 2.44. The summed E-state index contributed by atoms with van der Waals surface area (Å²) in [7, 11) is -1.24. The Hall–Kier alpha value is -0.630. The second-order valence-electron chi connectivity index (χ2n) is 6.52. The van der Waals surface area contributed by atoms with Gasteiger partial charge >= 0.3 is 0 Å². The molecule has 134 valence electrons. The molecular formula is C15H22Cl2N4O2S. The van der Waals surface area contributed by atoms with E-state index in [9.17, 15) is 8.42 Å². The second kappa shape index (κ2) is 6.94. The summed E-state index contributed by atoms with van der Waals surface area (Å²) in [6, 6.07) is 1.80. The van der Waals surface area contributed by atoms with Gasteiger partial charge in [0.25, 0.3) is 0 Å². The molecule has 24 heavy (non-hydrogen) atoms. The zero-order valence-corrected chi connectivity index (χ0v) is 16.1. The highest BCUT2D eigenvalue weighted by atomic mass is 35.5. The fraction of sp³-hybridized carbons (Fsp3) is 0.733. The normalized spacial score (nSPS) is 27.9. The second-order valence-corrected chi connectivity index (χ2v) is 9.46. The van der Waals surface area contributed by atoms with E-state index in [0.29, 0.717) is 16.3 Å². The molecular weight excluding hydrogens is 371 g/mol. The van der Waals surface area contributed by atoms with Crippen molar-refractivity contribution in [1.82, 2.24) is 14.3 Å². The van der Waals surface area contributed by atoms with Crippen LogP contribution in [0.25, 0.3) is 0 Å². The molecule has 9 heteroatoms. The van der Waals surface area contributed by atoms with Crippen molar-refractivity contribution in [3.05, 3.63) is 16.4 Å². The predicted octanol–water partition coefficient (Wildman–Crippen LogP) is 2.95. The molecule has 2 saturated heterocycles. The van der Waals surface area contributed by atoms with E-state index in [-0.39, 0.29) is 23.9 Å². The first kappa shape index (κ1) is 18.2. The Balaban J connectivity index is 1.83. The lowest BCUT2D eigenvalue weighted by Gasteiger charge is -2.49. The minimum atomic E-state index is -3.17. The highest BCUT2D eigenvalue weighted by molar-refractivity contribution is 7.89. The van der Waals surface area contributed by atoms with Gasteiger partial charge in [-0.2, -0.15) is 4.31 Å². The van der Waals surface area contributed by atoms with E-state index in [2.05, 4.69) is 9.97 Å². The van der Waals surface area contributed by atoms with Gasteiger partial charge in [0.1, 0.15) is 10.3 Å². The molecule has 2 bridgehead atoms. The zero-order chi connectivity index (χ0) is 17.5. The van der Waals surface area contributed by atoms with Crippen LogP contribution in [0, 0.1) is 0 Å². The number of hydrogen-bond acceptors (Lipinski definition) is 5. The number of anilines is 1. The van der Waals surface area contributed by atoms with Crippen LogP contribution in [0.15, 0.2) is 6.07 Å². The molecule has 0 radical (unpaired) electrons. The molecule has 0 saturated carbocycles. The molecule has 1 aromatic rings. The van der Waals surface area contributed by atoms with Crippen LogP contribution >= 0.6 is 23.2 Å². The first-order valence-electron chi connectivity index (χ1n) is 8.26. The van der Waals surface area contributed by atoms with Crippen LogP contribution < -0.4 is 4.90 Å². The third-order valence-electron chi connectivity index (χ3n) is 5.08. The summed E-state index contributed by atoms with van der Waals surface area (Å²) in [4.78, 5) is 10.5. The van der Waals surface area contributed by atoms with E-state index in [4.69, 9.17) is 23.2 Å². The van der Waals surface area contributed by atoms with Crippen molar-refractivity contribution in [3.63, 3.8) is 0 Å². The van der Waals surface area contributed by atoms with E-state index in [1.54, 1.807) is 11.2 Å². The standard InChI is InChI=1S/C15H22Cl2N4O2S/c1-3-24(22,23)21-10-5-4-6-11(21)8-12(7-10)20(2)15-18-13(16)9-14(17)19-15/h9-12H,3-8H2,1-2H3/t10-,11+,12+. The lowest BCUT2D eigenvalue weighted by Crippen LogP contribution is -2.58. The molecule has 3 atom stereocenters. The van der Waals surface area contributed by atoms with Gasteiger partial charge in [-0.3, -0.25) is 0 Å². The van der Waals surface area contributed by atoms with Gasteiger partial charge in [0.2, 0.25) is 16.0 Å². The Kier molecular flexibility index (Phi) is 5.25. The van der Waals surface area contributed by atoms with Gasteiger partial charge in [-0.25, -0.2) is 18.4 Å². The molecule has 1 aromatic heterocycles. The molecule has 0 unspecified atom stereocenters. The van der Waals surface area contributed by atoms with Crippen molar-refractivity contribution < 1.29 is 8.42 Å². The Labute approximate surface area is 153 Å². The molecule has 2 fully saturated rings. The number of halogens is 2. The maximum atomic E-state index is 12.5. The monoisotopic (exact) mass is 392 g/mol. The topological polar surface area (TPSA) is 66.4 Å². The number of nitrogens with zero attached hydrogens (tertiary/aromatic N) is 4. The Bertz CT molecular complexity index is 681. The van der Waals surface area contributed by atoms with Crippen LogP contribution in [0.3, 0.4) is 0 Å². The number of aromatic nitrogens is 2. The smallest absolute Gasteiger partial charge is 0.228 e. The molecule has 0 spiro atoms. The summed E-state index contributed by atoms with van der Waals surface area (Å²) < 4.78 is 26.7. The minimum absolute atomic E-state index is 0.0598. The van der Waals surface area contributed by atoms with Gasteiger partial charge < -0.3 is 4.90 Å². The summed E-state index contributed by atoms with van der Waals surface area (Å²) in [5.74, 6) is 0.649. The Morgan fingerprint density at radius 2 is 1.75 bits per heavy atom. The fourth-order valence-corrected chi connectivity index (χ4v) is 5.93. The molecule has 3 heterocycles. The highest BCUT2D eigenvalue weighted by Crippen LogP contribution is 2.38. The lowest BCUT2D eigenvalue weighted by atomic mass is 9.83. The molecule has 6 nitrogen and oxygen atoms in total. The van der Waals surface area contributed by atoms with Crippen LogP contribution in [0.4, 0.5) is 5.95 Å². The van der Waals surface area contributed by atoms with Crippen molar-refractivity contribution >= 4 is 39.2 Å². The first-order chi connectivity index (χ1) is 11.3. The number of fused-ring (bicyclic) bond motifs is 2. The largest absolute Gasteiger partial charge is 0.341 e. The predicted molar refractivity (Wildman–Crippen MR) is 96.2 cm³/mol. The lowest BCUT2D eigenvalue weighted by molar-refractivity contribution is 0.109. The summed E-state index contributed by atoms with van der Waals surface area (Å²) in [5, 5.41) is 0.617. The van der Waals surface area contributed by atoms with Gasteiger partial charge in [-0.1, -0.05) is 29.6 Å². The maximum absolute atomic E-state index is 12.5. The molecule has 2 aliphatic heterocycles. The van der Waals surface area contributed by atoms with Crippen molar-refractivity contribution in [2.24, 2.45) is 0 Å². The first-order valence-corrected chi connectivity index (χ1v) is 10.6. The summed E-state index contributed by atoms with van der Waals surface area (Å²) in [6.07, 6.45) is 4.47. The molecule has 0 amide bonds. The van der Waals surface area contributed by atoms with Gasteiger partial charge in [0.05, 0.1) is 5.75 Å². The molecule has 0 N–H and O–H groups in total. The number of piperidine rings is 2. The Morgan fingerprint density at radius 3 is 2.25 bits per heavy atom. The summed E-state index contributed by atoms with van der Waals surface area (Å²) >= 11 is 12.0.